The summed E-state index contributed by atoms with van der Waals surface area (Å²) >= 11 is 2.72. The molecule has 0 amide bonds. The number of carboxylic acids is 1. The van der Waals surface area contributed by atoms with Crippen molar-refractivity contribution in [2.75, 3.05) is 0 Å². The summed E-state index contributed by atoms with van der Waals surface area (Å²) in [6.45, 7) is 0. The normalized spacial score (nSPS) is 10.2. The van der Waals surface area contributed by atoms with Gasteiger partial charge in [0.1, 0.15) is 9.90 Å². The number of rotatable bonds is 4. The highest BCUT2D eigenvalue weighted by Crippen LogP contribution is 2.25. The summed E-state index contributed by atoms with van der Waals surface area (Å²) in [6.07, 6.45) is 4.89. The molecule has 0 spiro atoms. The van der Waals surface area contributed by atoms with Crippen LogP contribution in [0.5, 0.6) is 0 Å². The fourth-order valence-corrected chi connectivity index (χ4v) is 2.82. The van der Waals surface area contributed by atoms with Gasteiger partial charge in [-0.3, -0.25) is 4.98 Å². The lowest BCUT2D eigenvalue weighted by Crippen LogP contribution is -1.96. The van der Waals surface area contributed by atoms with Crippen molar-refractivity contribution in [1.82, 2.24) is 9.97 Å². The molecule has 0 fully saturated rings. The van der Waals surface area contributed by atoms with Gasteiger partial charge < -0.3 is 5.11 Å². The molecule has 0 aliphatic carbocycles. The molecule has 1 N–H and O–H groups in total. The maximum absolute atomic E-state index is 10.9. The molecule has 2 rings (SSSR count). The Kier molecular flexibility index (Phi) is 3.53. The van der Waals surface area contributed by atoms with Gasteiger partial charge in [0, 0.05) is 18.1 Å². The number of aromatic nitrogens is 2. The third-order valence-electron chi connectivity index (χ3n) is 1.86. The second-order valence-electron chi connectivity index (χ2n) is 2.91. The van der Waals surface area contributed by atoms with Crippen LogP contribution in [-0.2, 0) is 5.75 Å². The van der Waals surface area contributed by atoms with Crippen molar-refractivity contribution in [3.63, 3.8) is 0 Å². The van der Waals surface area contributed by atoms with Crippen LogP contribution in [0.25, 0.3) is 0 Å². The molecular formula is C10H8N2O2S2. The first-order chi connectivity index (χ1) is 7.77. The molecule has 4 nitrogen and oxygen atoms in total. The number of carbonyl (C=O) groups is 1. The number of nitrogens with zero attached hydrogens (tertiary/aromatic N) is 2. The Morgan fingerprint density at radius 1 is 1.50 bits per heavy atom. The van der Waals surface area contributed by atoms with E-state index in [2.05, 4.69) is 9.97 Å². The standard InChI is InChI=1S/C10H8N2O2S2/c13-10(14)9-7(1-4-15-9)6-16-8-5-11-2-3-12-8/h1-5H,6H2,(H,13,14). The molecule has 2 aromatic rings. The molecule has 2 heterocycles. The monoisotopic (exact) mass is 252 g/mol. The van der Waals surface area contributed by atoms with Crippen molar-refractivity contribution in [2.45, 2.75) is 10.8 Å². The molecule has 0 atom stereocenters. The van der Waals surface area contributed by atoms with E-state index < -0.39 is 5.97 Å². The highest BCUT2D eigenvalue weighted by Gasteiger charge is 2.11. The molecule has 0 bridgehead atoms. The smallest absolute Gasteiger partial charge is 0.346 e. The summed E-state index contributed by atoms with van der Waals surface area (Å²) in [6, 6.07) is 1.83. The third kappa shape index (κ3) is 2.59. The Labute approximate surface area is 100 Å². The van der Waals surface area contributed by atoms with Gasteiger partial charge in [0.2, 0.25) is 0 Å². The van der Waals surface area contributed by atoms with Crippen LogP contribution in [-0.4, -0.2) is 21.0 Å². The van der Waals surface area contributed by atoms with Gasteiger partial charge in [-0.05, 0) is 17.0 Å². The van der Waals surface area contributed by atoms with E-state index in [1.165, 1.54) is 23.1 Å². The van der Waals surface area contributed by atoms with Gasteiger partial charge in [0.25, 0.3) is 0 Å². The summed E-state index contributed by atoms with van der Waals surface area (Å²) in [7, 11) is 0. The molecular weight excluding hydrogens is 244 g/mol. The van der Waals surface area contributed by atoms with Crippen molar-refractivity contribution in [3.8, 4) is 0 Å². The quantitative estimate of drug-likeness (QED) is 0.847. The Hall–Kier alpha value is -1.40. The maximum atomic E-state index is 10.9. The largest absolute Gasteiger partial charge is 0.477 e. The average molecular weight is 252 g/mol. The summed E-state index contributed by atoms with van der Waals surface area (Å²) in [5, 5.41) is 11.5. The van der Waals surface area contributed by atoms with Gasteiger partial charge >= 0.3 is 5.97 Å². The van der Waals surface area contributed by atoms with Crippen LogP contribution in [0.1, 0.15) is 15.2 Å². The lowest BCUT2D eigenvalue weighted by atomic mass is 10.3. The fourth-order valence-electron chi connectivity index (χ4n) is 1.15. The summed E-state index contributed by atoms with van der Waals surface area (Å²) in [5.74, 6) is -0.270. The molecule has 0 saturated carbocycles. The van der Waals surface area contributed by atoms with E-state index in [0.717, 1.165) is 10.6 Å². The van der Waals surface area contributed by atoms with Gasteiger partial charge in [-0.15, -0.1) is 23.1 Å². The van der Waals surface area contributed by atoms with E-state index in [1.54, 1.807) is 24.0 Å². The van der Waals surface area contributed by atoms with Crippen LogP contribution >= 0.6 is 23.1 Å². The molecule has 6 heteroatoms. The molecule has 0 unspecified atom stereocenters. The number of hydrogen-bond donors (Lipinski definition) is 1. The van der Waals surface area contributed by atoms with Crippen molar-refractivity contribution < 1.29 is 9.90 Å². The Bertz CT molecular complexity index is 485. The van der Waals surface area contributed by atoms with Crippen molar-refractivity contribution in [1.29, 1.82) is 0 Å². The molecule has 0 saturated heterocycles. The molecule has 16 heavy (non-hydrogen) atoms. The van der Waals surface area contributed by atoms with E-state index in [9.17, 15) is 4.79 Å². The highest BCUT2D eigenvalue weighted by molar-refractivity contribution is 7.98. The predicted octanol–water partition coefficient (Wildman–Crippen LogP) is 2.53. The minimum absolute atomic E-state index is 0.399. The summed E-state index contributed by atoms with van der Waals surface area (Å²) in [5.41, 5.74) is 0.827. The fraction of sp³-hybridized carbons (Fsp3) is 0.100. The number of thiophene rings is 1. The van der Waals surface area contributed by atoms with Gasteiger partial charge in [-0.25, -0.2) is 9.78 Å². The zero-order valence-electron chi connectivity index (χ0n) is 8.16. The number of carboxylic acid groups (broad SMARTS) is 1. The van der Waals surface area contributed by atoms with E-state index >= 15 is 0 Å². The van der Waals surface area contributed by atoms with E-state index in [0.29, 0.717) is 10.6 Å². The predicted molar refractivity (Wildman–Crippen MR) is 62.9 cm³/mol. The van der Waals surface area contributed by atoms with Crippen molar-refractivity contribution in [3.05, 3.63) is 40.5 Å². The molecule has 0 aromatic carbocycles. The lowest BCUT2D eigenvalue weighted by Gasteiger charge is -1.99. The molecule has 82 valence electrons. The second kappa shape index (κ2) is 5.09. The number of hydrogen-bond acceptors (Lipinski definition) is 5. The molecule has 0 aliphatic rings. The molecule has 0 aliphatic heterocycles. The first-order valence-electron chi connectivity index (χ1n) is 4.46. The van der Waals surface area contributed by atoms with Crippen LogP contribution < -0.4 is 0 Å². The van der Waals surface area contributed by atoms with Gasteiger partial charge in [0.05, 0.1) is 6.20 Å². The van der Waals surface area contributed by atoms with Crippen LogP contribution in [0.2, 0.25) is 0 Å². The van der Waals surface area contributed by atoms with Gasteiger partial charge in [0.15, 0.2) is 0 Å². The zero-order chi connectivity index (χ0) is 11.4. The minimum Gasteiger partial charge on any atom is -0.477 e. The highest BCUT2D eigenvalue weighted by atomic mass is 32.2. The number of thioether (sulfide) groups is 1. The summed E-state index contributed by atoms with van der Waals surface area (Å²) in [4.78, 5) is 19.3. The first-order valence-corrected chi connectivity index (χ1v) is 6.32. The van der Waals surface area contributed by atoms with Crippen LogP contribution in [0.3, 0.4) is 0 Å². The van der Waals surface area contributed by atoms with Crippen LogP contribution in [0.4, 0.5) is 0 Å². The van der Waals surface area contributed by atoms with E-state index in [1.807, 2.05) is 6.07 Å². The maximum Gasteiger partial charge on any atom is 0.346 e. The topological polar surface area (TPSA) is 63.1 Å². The first kappa shape index (κ1) is 11.1. The van der Waals surface area contributed by atoms with Crippen molar-refractivity contribution in [2.24, 2.45) is 0 Å². The molecule has 2 aromatic heterocycles. The van der Waals surface area contributed by atoms with Gasteiger partial charge in [-0.1, -0.05) is 0 Å². The Balaban J connectivity index is 2.05. The SMILES string of the molecule is O=C(O)c1sccc1CSc1cnccn1. The van der Waals surface area contributed by atoms with Crippen LogP contribution in [0, 0.1) is 0 Å². The second-order valence-corrected chi connectivity index (χ2v) is 4.82. The van der Waals surface area contributed by atoms with E-state index in [-0.39, 0.29) is 0 Å². The zero-order valence-corrected chi connectivity index (χ0v) is 9.79. The average Bonchev–Trinajstić information content (AvgIpc) is 2.76. The summed E-state index contributed by atoms with van der Waals surface area (Å²) < 4.78 is 0. The lowest BCUT2D eigenvalue weighted by molar-refractivity contribution is 0.0701. The Morgan fingerprint density at radius 3 is 3.06 bits per heavy atom. The minimum atomic E-state index is -0.871. The van der Waals surface area contributed by atoms with Crippen molar-refractivity contribution >= 4 is 29.1 Å². The Morgan fingerprint density at radius 2 is 2.38 bits per heavy atom. The van der Waals surface area contributed by atoms with Gasteiger partial charge in [-0.2, -0.15) is 0 Å². The van der Waals surface area contributed by atoms with Crippen LogP contribution in [0.15, 0.2) is 35.1 Å². The number of aromatic carboxylic acids is 1. The molecule has 0 radical (unpaired) electrons. The van der Waals surface area contributed by atoms with E-state index in [4.69, 9.17) is 5.11 Å². The third-order valence-corrected chi connectivity index (χ3v) is 3.76.